The molecule has 3 aromatic rings. The molecule has 2 heterocycles. The van der Waals surface area contributed by atoms with Crippen LogP contribution >= 0.6 is 11.3 Å². The number of rotatable bonds is 5. The van der Waals surface area contributed by atoms with Gasteiger partial charge in [-0.15, -0.1) is 11.3 Å². The Bertz CT molecular complexity index is 1170. The lowest BCUT2D eigenvalue weighted by Crippen LogP contribution is -2.42. The van der Waals surface area contributed by atoms with Crippen molar-refractivity contribution in [3.05, 3.63) is 62.1 Å². The summed E-state index contributed by atoms with van der Waals surface area (Å²) in [6.07, 6.45) is -4.62. The van der Waals surface area contributed by atoms with E-state index in [1.807, 2.05) is 0 Å². The molecule has 0 aliphatic heterocycles. The first kappa shape index (κ1) is 20.8. The highest BCUT2D eigenvalue weighted by atomic mass is 32.1. The summed E-state index contributed by atoms with van der Waals surface area (Å²) in [6.45, 7) is 4.18. The van der Waals surface area contributed by atoms with Crippen LogP contribution in [0.2, 0.25) is 0 Å². The van der Waals surface area contributed by atoms with E-state index in [0.717, 1.165) is 34.1 Å². The van der Waals surface area contributed by atoms with E-state index in [4.69, 9.17) is 0 Å². The molecule has 0 spiro atoms. The fraction of sp³-hybridized carbons (Fsp3) is 0.316. The summed E-state index contributed by atoms with van der Waals surface area (Å²) in [6, 6.07) is 5.55. The number of carbonyl (C=O) groups excluding carboxylic acids is 1. The number of hydrogen-bond acceptors (Lipinski definition) is 4. The maximum absolute atomic E-state index is 13.1. The summed E-state index contributed by atoms with van der Waals surface area (Å²) < 4.78 is 41.3. The number of hydrogen-bond donors (Lipinski definition) is 0. The van der Waals surface area contributed by atoms with Crippen LogP contribution in [0.15, 0.2) is 45.3 Å². The van der Waals surface area contributed by atoms with E-state index >= 15 is 0 Å². The van der Waals surface area contributed by atoms with Gasteiger partial charge in [-0.1, -0.05) is 6.07 Å². The van der Waals surface area contributed by atoms with Crippen molar-refractivity contribution in [2.75, 3.05) is 13.1 Å². The minimum Gasteiger partial charge on any atom is -0.342 e. The minimum absolute atomic E-state index is 0.189. The summed E-state index contributed by atoms with van der Waals surface area (Å²) in [5.74, 6) is -0.321. The molecule has 0 bridgehead atoms. The standard InChI is InChI=1S/C19H18F3N3O3S/c1-3-23(4-2)15(26)11-24-14-8-9-29-16(14)17(27)25(18(24)28)13-7-5-6-12(10-13)19(20,21)22/h5-10H,3-4,11H2,1-2H3. The van der Waals surface area contributed by atoms with Crippen LogP contribution < -0.4 is 11.2 Å². The number of thiophene rings is 1. The van der Waals surface area contributed by atoms with Gasteiger partial charge in [-0.05, 0) is 43.5 Å². The van der Waals surface area contributed by atoms with E-state index in [1.165, 1.54) is 11.0 Å². The molecule has 0 N–H and O–H groups in total. The second kappa shape index (κ2) is 7.86. The van der Waals surface area contributed by atoms with Gasteiger partial charge in [-0.3, -0.25) is 14.2 Å². The first-order chi connectivity index (χ1) is 13.7. The van der Waals surface area contributed by atoms with Crippen molar-refractivity contribution in [1.29, 1.82) is 0 Å². The number of aromatic nitrogens is 2. The van der Waals surface area contributed by atoms with Gasteiger partial charge in [0.2, 0.25) is 5.91 Å². The Hall–Kier alpha value is -2.88. The highest BCUT2D eigenvalue weighted by Gasteiger charge is 2.31. The van der Waals surface area contributed by atoms with Crippen molar-refractivity contribution >= 4 is 27.5 Å². The van der Waals surface area contributed by atoms with E-state index in [2.05, 4.69) is 0 Å². The van der Waals surface area contributed by atoms with E-state index in [-0.39, 0.29) is 28.4 Å². The van der Waals surface area contributed by atoms with Crippen LogP contribution in [-0.2, 0) is 17.5 Å². The van der Waals surface area contributed by atoms with Crippen LogP contribution in [0.3, 0.4) is 0 Å². The Morgan fingerprint density at radius 3 is 2.45 bits per heavy atom. The molecule has 0 fully saturated rings. The monoisotopic (exact) mass is 425 g/mol. The third kappa shape index (κ3) is 3.84. The summed E-state index contributed by atoms with van der Waals surface area (Å²) in [5, 5.41) is 1.60. The fourth-order valence-corrected chi connectivity index (χ4v) is 3.92. The van der Waals surface area contributed by atoms with E-state index in [1.54, 1.807) is 25.3 Å². The molecular formula is C19H18F3N3O3S. The van der Waals surface area contributed by atoms with Gasteiger partial charge < -0.3 is 4.90 Å². The number of nitrogens with zero attached hydrogens (tertiary/aromatic N) is 3. The molecule has 10 heteroatoms. The molecule has 1 amide bonds. The van der Waals surface area contributed by atoms with Gasteiger partial charge in [0.25, 0.3) is 5.56 Å². The molecule has 0 unspecified atom stereocenters. The molecule has 0 atom stereocenters. The predicted octanol–water partition coefficient (Wildman–Crippen LogP) is 3.10. The second-order valence-corrected chi connectivity index (χ2v) is 7.17. The van der Waals surface area contributed by atoms with E-state index in [9.17, 15) is 27.6 Å². The lowest BCUT2D eigenvalue weighted by molar-refractivity contribution is -0.137. The van der Waals surface area contributed by atoms with Crippen LogP contribution in [0.25, 0.3) is 15.9 Å². The van der Waals surface area contributed by atoms with Crippen molar-refractivity contribution in [1.82, 2.24) is 14.0 Å². The number of amides is 1. The Morgan fingerprint density at radius 1 is 1.14 bits per heavy atom. The third-order valence-corrected chi connectivity index (χ3v) is 5.49. The Labute approximate surface area is 167 Å². The Balaban J connectivity index is 2.24. The summed E-state index contributed by atoms with van der Waals surface area (Å²) >= 11 is 1.06. The van der Waals surface area contributed by atoms with Crippen LogP contribution in [0, 0.1) is 0 Å². The number of benzene rings is 1. The van der Waals surface area contributed by atoms with Crippen molar-refractivity contribution in [3.63, 3.8) is 0 Å². The van der Waals surface area contributed by atoms with Gasteiger partial charge in [0, 0.05) is 13.1 Å². The molecule has 2 aromatic heterocycles. The number of halogens is 3. The van der Waals surface area contributed by atoms with Crippen molar-refractivity contribution in [2.24, 2.45) is 0 Å². The van der Waals surface area contributed by atoms with E-state index < -0.39 is 23.0 Å². The number of likely N-dealkylation sites (N-methyl/N-ethyl adjacent to an activating group) is 1. The summed E-state index contributed by atoms with van der Waals surface area (Å²) in [7, 11) is 0. The molecule has 0 aliphatic rings. The fourth-order valence-electron chi connectivity index (χ4n) is 3.10. The largest absolute Gasteiger partial charge is 0.416 e. The van der Waals surface area contributed by atoms with Crippen molar-refractivity contribution < 1.29 is 18.0 Å². The highest BCUT2D eigenvalue weighted by molar-refractivity contribution is 7.17. The van der Waals surface area contributed by atoms with Gasteiger partial charge in [0.1, 0.15) is 11.2 Å². The normalized spacial score (nSPS) is 11.8. The molecule has 29 heavy (non-hydrogen) atoms. The number of alkyl halides is 3. The zero-order valence-electron chi connectivity index (χ0n) is 15.7. The predicted molar refractivity (Wildman–Crippen MR) is 105 cm³/mol. The minimum atomic E-state index is -4.62. The van der Waals surface area contributed by atoms with Crippen LogP contribution in [-0.4, -0.2) is 33.0 Å². The molecule has 3 rings (SSSR count). The average molecular weight is 425 g/mol. The Morgan fingerprint density at radius 2 is 1.83 bits per heavy atom. The smallest absolute Gasteiger partial charge is 0.342 e. The first-order valence-corrected chi connectivity index (χ1v) is 9.75. The zero-order valence-corrected chi connectivity index (χ0v) is 16.5. The van der Waals surface area contributed by atoms with E-state index in [0.29, 0.717) is 17.7 Å². The molecule has 0 saturated heterocycles. The van der Waals surface area contributed by atoms with Gasteiger partial charge in [0.15, 0.2) is 0 Å². The molecule has 154 valence electrons. The molecule has 1 aromatic carbocycles. The average Bonchev–Trinajstić information content (AvgIpc) is 3.16. The van der Waals surface area contributed by atoms with Crippen molar-refractivity contribution in [2.45, 2.75) is 26.6 Å². The third-order valence-electron chi connectivity index (χ3n) is 4.60. The number of fused-ring (bicyclic) bond motifs is 1. The molecule has 0 radical (unpaired) electrons. The lowest BCUT2D eigenvalue weighted by Gasteiger charge is -2.20. The maximum Gasteiger partial charge on any atom is 0.416 e. The second-order valence-electron chi connectivity index (χ2n) is 6.26. The van der Waals surface area contributed by atoms with Gasteiger partial charge >= 0.3 is 11.9 Å². The summed E-state index contributed by atoms with van der Waals surface area (Å²) in [5.41, 5.74) is -2.46. The molecule has 0 aliphatic carbocycles. The molecule has 6 nitrogen and oxygen atoms in total. The first-order valence-electron chi connectivity index (χ1n) is 8.87. The topological polar surface area (TPSA) is 64.3 Å². The maximum atomic E-state index is 13.1. The van der Waals surface area contributed by atoms with Gasteiger partial charge in [-0.2, -0.15) is 13.2 Å². The lowest BCUT2D eigenvalue weighted by atomic mass is 10.2. The molecular weight excluding hydrogens is 407 g/mol. The van der Waals surface area contributed by atoms with Crippen LogP contribution in [0.1, 0.15) is 19.4 Å². The molecule has 0 saturated carbocycles. The highest BCUT2D eigenvalue weighted by Crippen LogP contribution is 2.30. The van der Waals surface area contributed by atoms with Crippen LogP contribution in [0.5, 0.6) is 0 Å². The quantitative estimate of drug-likeness (QED) is 0.631. The van der Waals surface area contributed by atoms with Gasteiger partial charge in [-0.25, -0.2) is 9.36 Å². The Kier molecular flexibility index (Phi) is 5.65. The SMILES string of the molecule is CCN(CC)C(=O)Cn1c(=O)n(-c2cccc(C(F)(F)F)c2)c(=O)c2sccc21. The van der Waals surface area contributed by atoms with Crippen LogP contribution in [0.4, 0.5) is 13.2 Å². The number of carbonyl (C=O) groups is 1. The van der Waals surface area contributed by atoms with Crippen molar-refractivity contribution in [3.8, 4) is 5.69 Å². The summed E-state index contributed by atoms with van der Waals surface area (Å²) in [4.78, 5) is 40.0. The van der Waals surface area contributed by atoms with Gasteiger partial charge in [0.05, 0.1) is 16.8 Å². The zero-order chi connectivity index (χ0) is 21.3.